The van der Waals surface area contributed by atoms with Gasteiger partial charge >= 0.3 is 6.29 Å². The highest BCUT2D eigenvalue weighted by Gasteiger charge is 2.43. The lowest BCUT2D eigenvalue weighted by molar-refractivity contribution is -0.286. The van der Waals surface area contributed by atoms with Crippen LogP contribution < -0.4 is 19.9 Å². The summed E-state index contributed by atoms with van der Waals surface area (Å²) in [6.45, 7) is 1.01. The first kappa shape index (κ1) is 23.8. The minimum Gasteiger partial charge on any atom is -0.456 e. The van der Waals surface area contributed by atoms with Crippen LogP contribution in [0.5, 0.6) is 11.5 Å². The van der Waals surface area contributed by atoms with E-state index in [1.807, 2.05) is 0 Å². The lowest BCUT2D eigenvalue weighted by Crippen LogP contribution is -2.35. The fourth-order valence-corrected chi connectivity index (χ4v) is 3.95. The molecule has 4 aromatic rings. The normalized spacial score (nSPS) is 14.7. The molecule has 36 heavy (non-hydrogen) atoms. The predicted octanol–water partition coefficient (Wildman–Crippen LogP) is 4.35. The lowest BCUT2D eigenvalue weighted by Gasteiger charge is -2.18. The van der Waals surface area contributed by atoms with Crippen LogP contribution in [-0.2, 0) is 11.3 Å². The zero-order valence-electron chi connectivity index (χ0n) is 18.9. The molecule has 2 aromatic heterocycles. The van der Waals surface area contributed by atoms with Crippen molar-refractivity contribution in [2.24, 2.45) is 0 Å². The fraction of sp³-hybridized carbons (Fsp3) is 0.208. The zero-order chi connectivity index (χ0) is 25.8. The Morgan fingerprint density at radius 2 is 1.94 bits per heavy atom. The number of carbonyl (C=O) groups is 1. The van der Waals surface area contributed by atoms with E-state index < -0.39 is 30.4 Å². The summed E-state index contributed by atoms with van der Waals surface area (Å²) in [4.78, 5) is 27.4. The van der Waals surface area contributed by atoms with Crippen molar-refractivity contribution in [3.8, 4) is 22.8 Å². The molecule has 12 heteroatoms. The van der Waals surface area contributed by atoms with Gasteiger partial charge in [-0.25, -0.2) is 4.68 Å². The molecule has 0 fully saturated rings. The van der Waals surface area contributed by atoms with Gasteiger partial charge in [-0.1, -0.05) is 23.7 Å². The van der Waals surface area contributed by atoms with Crippen molar-refractivity contribution >= 4 is 34.2 Å². The standard InChI is InChI=1S/C24H18ClF2N3O6/c1-12(31)18-10-16-22(34-18)21(13-4-3-5-14(25)8-13)28-30(23(16)33)11-20(32)29(2)15-6-7-17-19(9-15)36-24(26,27)35-17/h3-10,12,31H,11H2,1-2H3. The van der Waals surface area contributed by atoms with Gasteiger partial charge in [-0.2, -0.15) is 5.10 Å². The number of furan rings is 1. The summed E-state index contributed by atoms with van der Waals surface area (Å²) in [5.41, 5.74) is 0.555. The molecular formula is C24H18ClF2N3O6. The Morgan fingerprint density at radius 1 is 1.19 bits per heavy atom. The van der Waals surface area contributed by atoms with E-state index in [0.717, 1.165) is 4.68 Å². The van der Waals surface area contributed by atoms with Crippen LogP contribution in [0.1, 0.15) is 18.8 Å². The molecule has 2 aromatic carbocycles. The van der Waals surface area contributed by atoms with Gasteiger partial charge in [0.25, 0.3) is 5.56 Å². The van der Waals surface area contributed by atoms with Crippen molar-refractivity contribution in [1.82, 2.24) is 9.78 Å². The number of benzene rings is 2. The van der Waals surface area contributed by atoms with Gasteiger partial charge in [0.2, 0.25) is 5.91 Å². The van der Waals surface area contributed by atoms with E-state index in [4.69, 9.17) is 16.0 Å². The summed E-state index contributed by atoms with van der Waals surface area (Å²) in [6, 6.07) is 12.0. The van der Waals surface area contributed by atoms with Crippen molar-refractivity contribution in [2.75, 3.05) is 11.9 Å². The van der Waals surface area contributed by atoms with Gasteiger partial charge < -0.3 is 23.9 Å². The molecule has 0 saturated heterocycles. The first-order valence-electron chi connectivity index (χ1n) is 10.7. The fourth-order valence-electron chi connectivity index (χ4n) is 3.76. The van der Waals surface area contributed by atoms with Crippen molar-refractivity contribution in [3.63, 3.8) is 0 Å². The van der Waals surface area contributed by atoms with Crippen LogP contribution in [-0.4, -0.2) is 34.1 Å². The van der Waals surface area contributed by atoms with Crippen molar-refractivity contribution in [1.29, 1.82) is 0 Å². The number of aromatic nitrogens is 2. The number of amides is 1. The summed E-state index contributed by atoms with van der Waals surface area (Å²) in [7, 11) is 1.42. The number of fused-ring (bicyclic) bond motifs is 2. The Labute approximate surface area is 207 Å². The Hall–Kier alpha value is -3.96. The number of aliphatic hydroxyl groups excluding tert-OH is 1. The molecule has 1 atom stereocenters. The SMILES string of the molecule is CC(O)c1cc2c(=O)n(CC(=O)N(C)c3ccc4c(c3)OC(F)(F)O4)nc(-c3cccc(Cl)c3)c2o1. The topological polar surface area (TPSA) is 107 Å². The molecule has 186 valence electrons. The van der Waals surface area contributed by atoms with Crippen LogP contribution in [0.15, 0.2) is 57.7 Å². The molecule has 3 heterocycles. The molecule has 9 nitrogen and oxygen atoms in total. The number of ether oxygens (including phenoxy) is 2. The average Bonchev–Trinajstić information content (AvgIpc) is 3.40. The number of anilines is 1. The minimum absolute atomic E-state index is 0.122. The van der Waals surface area contributed by atoms with Crippen LogP contribution in [0.2, 0.25) is 5.02 Å². The smallest absolute Gasteiger partial charge is 0.456 e. The molecule has 1 aliphatic rings. The second-order valence-corrected chi connectivity index (χ2v) is 8.58. The monoisotopic (exact) mass is 517 g/mol. The molecule has 5 rings (SSSR count). The van der Waals surface area contributed by atoms with Crippen LogP contribution in [0.3, 0.4) is 0 Å². The highest BCUT2D eigenvalue weighted by molar-refractivity contribution is 6.30. The number of likely N-dealkylation sites (N-methyl/N-ethyl adjacent to an activating group) is 1. The number of aliphatic hydroxyl groups is 1. The summed E-state index contributed by atoms with van der Waals surface area (Å²) in [5.74, 6) is -0.787. The number of hydrogen-bond donors (Lipinski definition) is 1. The Morgan fingerprint density at radius 3 is 2.67 bits per heavy atom. The second-order valence-electron chi connectivity index (χ2n) is 8.14. The number of alkyl halides is 2. The van der Waals surface area contributed by atoms with E-state index in [0.29, 0.717) is 10.6 Å². The molecule has 0 saturated carbocycles. The van der Waals surface area contributed by atoms with E-state index in [-0.39, 0.29) is 39.6 Å². The first-order chi connectivity index (χ1) is 17.0. The lowest BCUT2D eigenvalue weighted by atomic mass is 10.1. The molecule has 0 radical (unpaired) electrons. The number of halogens is 3. The van der Waals surface area contributed by atoms with Gasteiger partial charge in [-0.15, -0.1) is 8.78 Å². The van der Waals surface area contributed by atoms with Crippen molar-refractivity contribution < 1.29 is 32.6 Å². The summed E-state index contributed by atoms with van der Waals surface area (Å²) in [5, 5.41) is 14.9. The quantitative estimate of drug-likeness (QED) is 0.419. The van der Waals surface area contributed by atoms with Crippen LogP contribution >= 0.6 is 11.6 Å². The maximum absolute atomic E-state index is 13.3. The summed E-state index contributed by atoms with van der Waals surface area (Å²) < 4.78 is 42.2. The van der Waals surface area contributed by atoms with Crippen LogP contribution in [0.25, 0.3) is 22.2 Å². The highest BCUT2D eigenvalue weighted by atomic mass is 35.5. The molecular weight excluding hydrogens is 500 g/mol. The van der Waals surface area contributed by atoms with Gasteiger partial charge in [0.1, 0.15) is 24.1 Å². The Balaban J connectivity index is 1.52. The number of carbonyl (C=O) groups excluding carboxylic acids is 1. The second kappa shape index (κ2) is 8.61. The predicted molar refractivity (Wildman–Crippen MR) is 125 cm³/mol. The number of rotatable bonds is 5. The number of nitrogens with zero attached hydrogens (tertiary/aromatic N) is 3. The Bertz CT molecular complexity index is 1570. The molecule has 1 amide bonds. The van der Waals surface area contributed by atoms with E-state index in [2.05, 4.69) is 14.6 Å². The third-order valence-electron chi connectivity index (χ3n) is 5.59. The van der Waals surface area contributed by atoms with E-state index >= 15 is 0 Å². The molecule has 1 aliphatic heterocycles. The first-order valence-corrected chi connectivity index (χ1v) is 11.1. The maximum atomic E-state index is 13.3. The molecule has 0 spiro atoms. The maximum Gasteiger partial charge on any atom is 0.586 e. The van der Waals surface area contributed by atoms with E-state index in [9.17, 15) is 23.5 Å². The van der Waals surface area contributed by atoms with Gasteiger partial charge in [0.05, 0.1) is 5.39 Å². The van der Waals surface area contributed by atoms with Gasteiger partial charge in [0.15, 0.2) is 17.1 Å². The van der Waals surface area contributed by atoms with E-state index in [1.54, 1.807) is 24.3 Å². The third kappa shape index (κ3) is 4.27. The molecule has 0 bridgehead atoms. The summed E-state index contributed by atoms with van der Waals surface area (Å²) in [6.07, 6.45) is -4.77. The van der Waals surface area contributed by atoms with Gasteiger partial charge in [0, 0.05) is 29.4 Å². The number of hydrogen-bond acceptors (Lipinski definition) is 7. The molecule has 0 aliphatic carbocycles. The third-order valence-corrected chi connectivity index (χ3v) is 5.83. The van der Waals surface area contributed by atoms with Gasteiger partial charge in [-0.3, -0.25) is 9.59 Å². The van der Waals surface area contributed by atoms with Crippen molar-refractivity contribution in [3.05, 3.63) is 69.7 Å². The highest BCUT2D eigenvalue weighted by Crippen LogP contribution is 2.42. The Kier molecular flexibility index (Phi) is 5.68. The summed E-state index contributed by atoms with van der Waals surface area (Å²) >= 11 is 6.13. The molecule has 1 unspecified atom stereocenters. The van der Waals surface area contributed by atoms with E-state index in [1.165, 1.54) is 43.1 Å². The zero-order valence-corrected chi connectivity index (χ0v) is 19.6. The van der Waals surface area contributed by atoms with Gasteiger partial charge in [-0.05, 0) is 37.3 Å². The largest absolute Gasteiger partial charge is 0.586 e. The van der Waals surface area contributed by atoms with Crippen LogP contribution in [0, 0.1) is 0 Å². The van der Waals surface area contributed by atoms with Crippen LogP contribution in [0.4, 0.5) is 14.5 Å². The average molecular weight is 518 g/mol. The van der Waals surface area contributed by atoms with Crippen molar-refractivity contribution in [2.45, 2.75) is 25.9 Å². The molecule has 1 N–H and O–H groups in total. The minimum atomic E-state index is -3.79.